The van der Waals surface area contributed by atoms with Crippen molar-refractivity contribution < 1.29 is 35.8 Å². The number of ether oxygens (including phenoxy) is 2. The number of halogens is 7. The van der Waals surface area contributed by atoms with Crippen LogP contribution in [-0.4, -0.2) is 95.0 Å². The summed E-state index contributed by atoms with van der Waals surface area (Å²) in [5.41, 5.74) is 2.89. The maximum absolute atomic E-state index is 17.1. The lowest BCUT2D eigenvalue weighted by molar-refractivity contribution is -0.137. The molecule has 0 aliphatic carbocycles. The Morgan fingerprint density at radius 2 is 2.04 bits per heavy atom. The quantitative estimate of drug-likeness (QED) is 0.275. The second kappa shape index (κ2) is 12.3. The highest BCUT2D eigenvalue weighted by atomic mass is 35.5. The van der Waals surface area contributed by atoms with E-state index in [1.807, 2.05) is 4.90 Å². The minimum Gasteiger partial charge on any atom is -0.489 e. The number of hydrogen-bond acceptors (Lipinski definition) is 9. The van der Waals surface area contributed by atoms with Gasteiger partial charge >= 0.3 is 12.2 Å². The molecule has 2 N–H and O–H groups in total. The number of rotatable bonds is 7. The minimum absolute atomic E-state index is 0.0525. The first-order valence-electron chi connectivity index (χ1n) is 16.8. The number of nitrogens with zero attached hydrogens (tertiary/aromatic N) is 6. The number of fused-ring (bicyclic) bond motifs is 6. The Morgan fingerprint density at radius 1 is 1.22 bits per heavy atom. The fourth-order valence-electron chi connectivity index (χ4n) is 9.02. The summed E-state index contributed by atoms with van der Waals surface area (Å²) in [6.45, 7) is 3.99. The average molecular weight is 724 g/mol. The number of aromatic nitrogens is 3. The summed E-state index contributed by atoms with van der Waals surface area (Å²) in [6.07, 6.45) is -0.933. The normalized spacial score (nSPS) is 27.2. The van der Waals surface area contributed by atoms with Gasteiger partial charge in [0, 0.05) is 32.2 Å². The van der Waals surface area contributed by atoms with Crippen molar-refractivity contribution >= 4 is 34.1 Å². The molecule has 1 aromatic carbocycles. The predicted octanol–water partition coefficient (Wildman–Crippen LogP) is 6.50. The molecule has 2 bridgehead atoms. The molecule has 4 saturated heterocycles. The molecule has 268 valence electrons. The monoisotopic (exact) mass is 723 g/mol. The van der Waals surface area contributed by atoms with E-state index in [1.165, 1.54) is 6.92 Å². The van der Waals surface area contributed by atoms with Crippen molar-refractivity contribution in [2.75, 3.05) is 63.2 Å². The first kappa shape index (κ1) is 33.6. The van der Waals surface area contributed by atoms with Crippen molar-refractivity contribution in [3.63, 3.8) is 0 Å². The largest absolute Gasteiger partial charge is 0.489 e. The number of nitrogens with two attached hydrogens (primary N) is 1. The van der Waals surface area contributed by atoms with E-state index in [9.17, 15) is 22.0 Å². The van der Waals surface area contributed by atoms with Crippen LogP contribution in [0.4, 0.5) is 38.0 Å². The predicted molar refractivity (Wildman–Crippen MR) is 175 cm³/mol. The molecule has 0 radical (unpaired) electrons. The van der Waals surface area contributed by atoms with Crippen molar-refractivity contribution in [1.29, 1.82) is 0 Å². The van der Waals surface area contributed by atoms with E-state index < -0.39 is 46.1 Å². The highest BCUT2D eigenvalue weighted by Crippen LogP contribution is 2.52. The summed E-state index contributed by atoms with van der Waals surface area (Å²) >= 11 is 6.86. The van der Waals surface area contributed by atoms with Crippen LogP contribution in [-0.2, 0) is 6.18 Å². The van der Waals surface area contributed by atoms with Crippen molar-refractivity contribution in [3.8, 4) is 23.0 Å². The van der Waals surface area contributed by atoms with Crippen molar-refractivity contribution in [1.82, 2.24) is 24.8 Å². The van der Waals surface area contributed by atoms with Gasteiger partial charge in [-0.15, -0.1) is 0 Å². The van der Waals surface area contributed by atoms with E-state index in [0.29, 0.717) is 56.7 Å². The Hall–Kier alpha value is -3.56. The Bertz CT molecular complexity index is 1900. The van der Waals surface area contributed by atoms with Crippen LogP contribution in [0.25, 0.3) is 22.2 Å². The smallest absolute Gasteiger partial charge is 0.418 e. The van der Waals surface area contributed by atoms with E-state index in [4.69, 9.17) is 31.8 Å². The fraction of sp³-hybridized carbons (Fsp3) is 0.559. The molecule has 0 saturated carbocycles. The molecule has 5 aliphatic heterocycles. The van der Waals surface area contributed by atoms with Gasteiger partial charge in [-0.1, -0.05) is 11.6 Å². The fourth-order valence-corrected chi connectivity index (χ4v) is 9.34. The van der Waals surface area contributed by atoms with Crippen molar-refractivity contribution in [2.24, 2.45) is 5.92 Å². The molecule has 3 aromatic rings. The second-order valence-corrected chi connectivity index (χ2v) is 14.5. The summed E-state index contributed by atoms with van der Waals surface area (Å²) in [4.78, 5) is 19.7. The third-order valence-electron chi connectivity index (χ3n) is 11.2. The average Bonchev–Trinajstić information content (AvgIpc) is 3.68. The number of alkyl halides is 4. The zero-order chi connectivity index (χ0) is 35.1. The summed E-state index contributed by atoms with van der Waals surface area (Å²) in [6, 6.07) is 0.712. The van der Waals surface area contributed by atoms with Gasteiger partial charge < -0.3 is 20.1 Å². The first-order chi connectivity index (χ1) is 23.9. The Kier molecular flexibility index (Phi) is 8.26. The van der Waals surface area contributed by atoms with Crippen LogP contribution in [0.15, 0.2) is 18.0 Å². The molecule has 4 atom stereocenters. The maximum atomic E-state index is 17.1. The van der Waals surface area contributed by atoms with Gasteiger partial charge in [-0.25, -0.2) is 13.8 Å². The second-order valence-electron chi connectivity index (χ2n) is 14.2. The molecular formula is C34H36ClF6N7O2. The van der Waals surface area contributed by atoms with Gasteiger partial charge in [0.2, 0.25) is 0 Å². The van der Waals surface area contributed by atoms with E-state index in [-0.39, 0.29) is 65.3 Å². The summed E-state index contributed by atoms with van der Waals surface area (Å²) in [5, 5.41) is -0.288. The number of hydrogen-bond donors (Lipinski definition) is 1. The van der Waals surface area contributed by atoms with Crippen LogP contribution in [0.1, 0.15) is 43.2 Å². The van der Waals surface area contributed by atoms with Gasteiger partial charge in [-0.2, -0.15) is 23.1 Å². The minimum atomic E-state index is -4.92. The topological polar surface area (TPSA) is 92.9 Å². The van der Waals surface area contributed by atoms with Crippen LogP contribution >= 0.6 is 11.6 Å². The number of anilines is 2. The zero-order valence-electron chi connectivity index (χ0n) is 27.3. The molecule has 50 heavy (non-hydrogen) atoms. The Labute approximate surface area is 289 Å². The van der Waals surface area contributed by atoms with Gasteiger partial charge in [-0.3, -0.25) is 14.2 Å². The molecular weight excluding hydrogens is 688 g/mol. The molecule has 0 spiro atoms. The molecule has 4 fully saturated rings. The molecule has 8 rings (SSSR count). The molecule has 7 heterocycles. The molecule has 9 nitrogen and oxygen atoms in total. The molecule has 16 heteroatoms. The maximum Gasteiger partial charge on any atom is 0.418 e. The number of benzene rings is 1. The third kappa shape index (κ3) is 5.33. The standard InChI is InChI=1S/C34H36ClF6N7O2/c1-17-8-22(42)43-28(25(17)34(39,40)41)23-26(35)30-24-29(27(23)38)44-32(50-16-33-4-2-7-47(33)12-18(10-33)11-37)45-31(24)48-14-20-9-19(21(48)15-49-30)13-46(20)6-3-5-36/h8,11,19-21H,2-7,9-10,12-16H2,1H3,(H2,42,43)/b18-11-/t19-,20-,21-,33+/m1/s1. The molecule has 0 unspecified atom stereocenters. The van der Waals surface area contributed by atoms with Crippen molar-refractivity contribution in [3.05, 3.63) is 39.9 Å². The van der Waals surface area contributed by atoms with Crippen molar-refractivity contribution in [2.45, 2.75) is 62.8 Å². The summed E-state index contributed by atoms with van der Waals surface area (Å²) in [7, 11) is 0. The molecule has 2 aromatic heterocycles. The van der Waals surface area contributed by atoms with Gasteiger partial charge in [0.1, 0.15) is 30.4 Å². The van der Waals surface area contributed by atoms with Gasteiger partial charge in [-0.05, 0) is 68.7 Å². The van der Waals surface area contributed by atoms with Crippen LogP contribution in [0.2, 0.25) is 5.02 Å². The van der Waals surface area contributed by atoms with E-state index in [2.05, 4.69) is 19.8 Å². The highest BCUT2D eigenvalue weighted by Gasteiger charge is 2.49. The lowest BCUT2D eigenvalue weighted by atomic mass is 9.91. The van der Waals surface area contributed by atoms with Gasteiger partial charge in [0.25, 0.3) is 0 Å². The van der Waals surface area contributed by atoms with Crippen LogP contribution in [0, 0.1) is 18.7 Å². The Morgan fingerprint density at radius 3 is 2.80 bits per heavy atom. The number of likely N-dealkylation sites (tertiary alicyclic amines) is 1. The summed E-state index contributed by atoms with van der Waals surface area (Å²) in [5.74, 6) is -1.07. The van der Waals surface area contributed by atoms with E-state index in [0.717, 1.165) is 31.9 Å². The van der Waals surface area contributed by atoms with Crippen LogP contribution in [0.3, 0.4) is 0 Å². The van der Waals surface area contributed by atoms with Gasteiger partial charge in [0.15, 0.2) is 11.6 Å². The van der Waals surface area contributed by atoms with E-state index >= 15 is 4.39 Å². The lowest BCUT2D eigenvalue weighted by Gasteiger charge is -2.39. The number of nitrogen functional groups attached to an aromatic ring is 1. The molecule has 0 amide bonds. The first-order valence-corrected chi connectivity index (χ1v) is 17.2. The Balaban J connectivity index is 1.30. The molecule has 5 aliphatic rings. The summed E-state index contributed by atoms with van der Waals surface area (Å²) < 4.78 is 99.9. The van der Waals surface area contributed by atoms with Gasteiger partial charge in [0.05, 0.1) is 51.8 Å². The number of pyridine rings is 1. The van der Waals surface area contributed by atoms with Crippen LogP contribution < -0.4 is 20.1 Å². The number of aryl methyl sites for hydroxylation is 1. The highest BCUT2D eigenvalue weighted by molar-refractivity contribution is 6.36. The van der Waals surface area contributed by atoms with E-state index in [1.54, 1.807) is 0 Å². The lowest BCUT2D eigenvalue weighted by Crippen LogP contribution is -2.51. The number of piperidine rings is 1. The SMILES string of the molecule is Cc1cc(N)nc(-c2c(Cl)c3c4c(nc(OC[C@@]56CCCN5C/C(=C\F)C6)nc4c2F)N2C[C@H]4C[C@H](CN4CCCF)[C@H]2CO3)c1C(F)(F)F. The van der Waals surface area contributed by atoms with Crippen LogP contribution in [0.5, 0.6) is 11.8 Å². The third-order valence-corrected chi connectivity index (χ3v) is 11.5. The zero-order valence-corrected chi connectivity index (χ0v) is 28.1.